The smallest absolute Gasteiger partial charge is 0.322 e. The summed E-state index contributed by atoms with van der Waals surface area (Å²) in [6.45, 7) is -0.334. The summed E-state index contributed by atoms with van der Waals surface area (Å²) < 4.78 is 0. The minimum Gasteiger partial charge on any atom is -0.545 e. The van der Waals surface area contributed by atoms with Gasteiger partial charge in [0.1, 0.15) is 5.00 Å². The van der Waals surface area contributed by atoms with Crippen LogP contribution in [0.15, 0.2) is 0 Å². The van der Waals surface area contributed by atoms with E-state index in [1.165, 1.54) is 16.2 Å². The van der Waals surface area contributed by atoms with Crippen LogP contribution in [-0.4, -0.2) is 53.4 Å². The van der Waals surface area contributed by atoms with Gasteiger partial charge in [-0.15, -0.1) is 11.3 Å². The van der Waals surface area contributed by atoms with E-state index in [4.69, 9.17) is 10.2 Å². The van der Waals surface area contributed by atoms with Crippen molar-refractivity contribution in [3.8, 4) is 0 Å². The summed E-state index contributed by atoms with van der Waals surface area (Å²) in [7, 11) is 0. The van der Waals surface area contributed by atoms with Crippen LogP contribution in [0.1, 0.15) is 33.6 Å². The van der Waals surface area contributed by atoms with Crippen LogP contribution in [0.5, 0.6) is 0 Å². The summed E-state index contributed by atoms with van der Waals surface area (Å²) in [5.74, 6) is -1.29. The number of aromatic carboxylic acids is 1. The van der Waals surface area contributed by atoms with Gasteiger partial charge < -0.3 is 25.0 Å². The van der Waals surface area contributed by atoms with E-state index in [1.807, 2.05) is 0 Å². The molecule has 22 heavy (non-hydrogen) atoms. The van der Waals surface area contributed by atoms with Crippen molar-refractivity contribution in [2.45, 2.75) is 25.7 Å². The van der Waals surface area contributed by atoms with Gasteiger partial charge >= 0.3 is 6.03 Å². The third-order valence-electron chi connectivity index (χ3n) is 3.62. The highest BCUT2D eigenvalue weighted by atomic mass is 32.1. The molecule has 1 aromatic rings. The maximum atomic E-state index is 12.2. The Morgan fingerprint density at radius 3 is 2.41 bits per heavy atom. The number of nitrogens with zero attached hydrogens (tertiary/aromatic N) is 1. The van der Waals surface area contributed by atoms with Crippen LogP contribution < -0.4 is 10.4 Å². The molecule has 0 radical (unpaired) electrons. The van der Waals surface area contributed by atoms with Gasteiger partial charge in [0.25, 0.3) is 0 Å². The topological polar surface area (TPSA) is 113 Å². The number of fused-ring (bicyclic) bond motifs is 1. The van der Waals surface area contributed by atoms with Crippen LogP contribution in [0, 0.1) is 0 Å². The summed E-state index contributed by atoms with van der Waals surface area (Å²) in [4.78, 5) is 25.8. The number of amides is 2. The van der Waals surface area contributed by atoms with Crippen molar-refractivity contribution in [2.75, 3.05) is 31.6 Å². The molecule has 2 amide bonds. The zero-order valence-electron chi connectivity index (χ0n) is 12.1. The zero-order valence-corrected chi connectivity index (χ0v) is 12.9. The lowest BCUT2D eigenvalue weighted by molar-refractivity contribution is -0.254. The van der Waals surface area contributed by atoms with Gasteiger partial charge in [-0.3, -0.25) is 5.32 Å². The molecule has 0 saturated heterocycles. The molecule has 2 rings (SSSR count). The molecule has 1 aliphatic rings. The lowest BCUT2D eigenvalue weighted by atomic mass is 9.95. The normalized spacial score (nSPS) is 13.5. The van der Waals surface area contributed by atoms with Gasteiger partial charge in [0.15, 0.2) is 0 Å². The fourth-order valence-electron chi connectivity index (χ4n) is 2.60. The molecule has 0 aliphatic heterocycles. The average Bonchev–Trinajstić information content (AvgIpc) is 2.84. The summed E-state index contributed by atoms with van der Waals surface area (Å²) in [6, 6.07) is -0.538. The predicted octanol–water partition coefficient (Wildman–Crippen LogP) is -0.191. The summed E-state index contributed by atoms with van der Waals surface area (Å²) >= 11 is 1.27. The van der Waals surface area contributed by atoms with E-state index < -0.39 is 12.0 Å². The van der Waals surface area contributed by atoms with Crippen LogP contribution in [0.2, 0.25) is 0 Å². The number of aliphatic hydroxyl groups is 2. The van der Waals surface area contributed by atoms with Gasteiger partial charge in [-0.25, -0.2) is 4.79 Å². The maximum absolute atomic E-state index is 12.2. The Morgan fingerprint density at radius 1 is 1.18 bits per heavy atom. The van der Waals surface area contributed by atoms with E-state index in [2.05, 4.69) is 5.32 Å². The number of hydrogen-bond acceptors (Lipinski definition) is 6. The number of carboxylic acids is 1. The van der Waals surface area contributed by atoms with E-state index in [-0.39, 0.29) is 36.9 Å². The third-order valence-corrected chi connectivity index (χ3v) is 4.83. The second-order valence-corrected chi connectivity index (χ2v) is 6.17. The standard InChI is InChI=1S/C14H20N2O5S/c17-7-5-16(6-8-18)14(21)15-12-11(13(19)20)9-3-1-2-4-10(9)22-12/h17-18H,1-8H2,(H,15,21)(H,19,20)/p-1. The van der Waals surface area contributed by atoms with Gasteiger partial charge in [0.2, 0.25) is 0 Å². The Kier molecular flexibility index (Phi) is 5.76. The first-order valence-electron chi connectivity index (χ1n) is 7.22. The van der Waals surface area contributed by atoms with E-state index in [0.717, 1.165) is 29.7 Å². The molecule has 0 saturated carbocycles. The van der Waals surface area contributed by atoms with Crippen molar-refractivity contribution in [1.29, 1.82) is 0 Å². The number of anilines is 1. The first-order valence-corrected chi connectivity index (χ1v) is 8.03. The number of nitrogens with one attached hydrogen (secondary N) is 1. The molecule has 7 nitrogen and oxygen atoms in total. The van der Waals surface area contributed by atoms with Crippen molar-refractivity contribution >= 4 is 28.3 Å². The number of aryl methyl sites for hydroxylation is 1. The van der Waals surface area contributed by atoms with Crippen molar-refractivity contribution in [1.82, 2.24) is 4.90 Å². The number of aliphatic hydroxyl groups excluding tert-OH is 2. The molecule has 1 heterocycles. The minimum absolute atomic E-state index is 0.0676. The van der Waals surface area contributed by atoms with Crippen LogP contribution in [0.25, 0.3) is 0 Å². The summed E-state index contributed by atoms with van der Waals surface area (Å²) in [6.07, 6.45) is 3.43. The van der Waals surface area contributed by atoms with E-state index >= 15 is 0 Å². The molecule has 122 valence electrons. The number of carboxylic acid groups (broad SMARTS) is 1. The van der Waals surface area contributed by atoms with Gasteiger partial charge in [0, 0.05) is 23.5 Å². The SMILES string of the molecule is O=C([O-])c1c(NC(=O)N(CCO)CCO)sc2c1CCCC2. The highest BCUT2D eigenvalue weighted by Gasteiger charge is 2.23. The Hall–Kier alpha value is -1.64. The molecule has 0 spiro atoms. The molecule has 0 fully saturated rings. The number of thiophene rings is 1. The van der Waals surface area contributed by atoms with Crippen molar-refractivity contribution in [2.24, 2.45) is 0 Å². The third kappa shape index (κ3) is 3.57. The first kappa shape index (κ1) is 16.7. The van der Waals surface area contributed by atoms with E-state index in [1.54, 1.807) is 0 Å². The molecule has 1 aromatic heterocycles. The molecule has 1 aliphatic carbocycles. The fraction of sp³-hybridized carbons (Fsp3) is 0.571. The number of rotatable bonds is 6. The Bertz CT molecular complexity index is 552. The second kappa shape index (κ2) is 7.57. The summed E-state index contributed by atoms with van der Waals surface area (Å²) in [5, 5.41) is 32.2. The fourth-order valence-corrected chi connectivity index (χ4v) is 3.87. The molecule has 0 atom stereocenters. The predicted molar refractivity (Wildman–Crippen MR) is 80.1 cm³/mol. The van der Waals surface area contributed by atoms with Gasteiger partial charge in [-0.05, 0) is 31.2 Å². The number of hydrogen-bond donors (Lipinski definition) is 3. The highest BCUT2D eigenvalue weighted by Crippen LogP contribution is 2.37. The van der Waals surface area contributed by atoms with E-state index in [9.17, 15) is 14.7 Å². The minimum atomic E-state index is -1.29. The van der Waals surface area contributed by atoms with Crippen LogP contribution in [-0.2, 0) is 12.8 Å². The largest absolute Gasteiger partial charge is 0.545 e. The second-order valence-electron chi connectivity index (χ2n) is 5.07. The highest BCUT2D eigenvalue weighted by molar-refractivity contribution is 7.17. The quantitative estimate of drug-likeness (QED) is 0.670. The van der Waals surface area contributed by atoms with Gasteiger partial charge in [0.05, 0.1) is 19.2 Å². The van der Waals surface area contributed by atoms with Crippen molar-refractivity contribution in [3.63, 3.8) is 0 Å². The van der Waals surface area contributed by atoms with E-state index in [0.29, 0.717) is 6.42 Å². The lowest BCUT2D eigenvalue weighted by Crippen LogP contribution is -2.39. The van der Waals surface area contributed by atoms with Crippen LogP contribution in [0.3, 0.4) is 0 Å². The maximum Gasteiger partial charge on any atom is 0.322 e. The lowest BCUT2D eigenvalue weighted by Gasteiger charge is -2.21. The molecule has 0 unspecified atom stereocenters. The molecule has 8 heteroatoms. The Labute approximate surface area is 132 Å². The number of urea groups is 1. The molecular weight excluding hydrogens is 308 g/mol. The Morgan fingerprint density at radius 2 is 1.82 bits per heavy atom. The first-order chi connectivity index (χ1) is 10.6. The Balaban J connectivity index is 2.23. The number of carbonyl (C=O) groups is 2. The van der Waals surface area contributed by atoms with Crippen molar-refractivity contribution in [3.05, 3.63) is 16.0 Å². The van der Waals surface area contributed by atoms with Crippen LogP contribution >= 0.6 is 11.3 Å². The van der Waals surface area contributed by atoms with Crippen LogP contribution in [0.4, 0.5) is 9.80 Å². The number of carbonyl (C=O) groups excluding carboxylic acids is 2. The molecular formula is C14H19N2O5S-. The van der Waals surface area contributed by atoms with Crippen molar-refractivity contribution < 1.29 is 24.9 Å². The molecule has 3 N–H and O–H groups in total. The van der Waals surface area contributed by atoms with Gasteiger partial charge in [-0.2, -0.15) is 0 Å². The average molecular weight is 327 g/mol. The summed E-state index contributed by atoms with van der Waals surface area (Å²) in [5.41, 5.74) is 0.836. The monoisotopic (exact) mass is 327 g/mol. The molecule has 0 aromatic carbocycles. The molecule has 0 bridgehead atoms. The van der Waals surface area contributed by atoms with Gasteiger partial charge in [-0.1, -0.05) is 0 Å². The zero-order chi connectivity index (χ0) is 16.1.